The number of rotatable bonds is 1. The van der Waals surface area contributed by atoms with E-state index in [1.807, 2.05) is 0 Å². The molecule has 0 radical (unpaired) electrons. The van der Waals surface area contributed by atoms with E-state index in [-0.39, 0.29) is 10.8 Å². The van der Waals surface area contributed by atoms with Crippen LogP contribution in [-0.2, 0) is 0 Å². The summed E-state index contributed by atoms with van der Waals surface area (Å²) in [6.45, 7) is 12.7. The van der Waals surface area contributed by atoms with E-state index >= 15 is 0 Å². The highest BCUT2D eigenvalue weighted by Gasteiger charge is 2.16. The van der Waals surface area contributed by atoms with Crippen molar-refractivity contribution in [3.05, 3.63) is 10.4 Å². The van der Waals surface area contributed by atoms with Crippen LogP contribution in [0.1, 0.15) is 41.5 Å². The third kappa shape index (κ3) is 6.40. The summed E-state index contributed by atoms with van der Waals surface area (Å²) in [4.78, 5) is 1.11. The van der Waals surface area contributed by atoms with Crippen molar-refractivity contribution in [3.63, 3.8) is 0 Å². The van der Waals surface area contributed by atoms with Crippen molar-refractivity contribution in [2.75, 3.05) is 0 Å². The van der Waals surface area contributed by atoms with Crippen molar-refractivity contribution in [1.82, 2.24) is 0 Å². The lowest BCUT2D eigenvalue weighted by atomic mass is 9.97. The lowest BCUT2D eigenvalue weighted by molar-refractivity contribution is 0.534. The summed E-state index contributed by atoms with van der Waals surface area (Å²) in [5.74, 6) is 3.17. The minimum Gasteiger partial charge on any atom is -0.0920 e. The summed E-state index contributed by atoms with van der Waals surface area (Å²) in [6, 6.07) is 0. The van der Waals surface area contributed by atoms with Gasteiger partial charge >= 0.3 is 0 Å². The molecule has 80 valence electrons. The second-order valence-corrected chi connectivity index (χ2v) is 6.37. The number of hydrogen-bond donors (Lipinski definition) is 0. The lowest BCUT2D eigenvalue weighted by Crippen LogP contribution is -2.05. The molecule has 0 rings (SSSR count). The van der Waals surface area contributed by atoms with E-state index in [2.05, 4.69) is 52.7 Å². The Hall–Kier alpha value is -0.0600. The zero-order valence-corrected chi connectivity index (χ0v) is 11.4. The lowest BCUT2D eigenvalue weighted by Gasteiger charge is -2.19. The molecule has 0 bridgehead atoms. The zero-order chi connectivity index (χ0) is 11.4. The maximum absolute atomic E-state index is 5.75. The molecule has 0 atom stereocenters. The molecule has 0 amide bonds. The van der Waals surface area contributed by atoms with Crippen molar-refractivity contribution in [2.45, 2.75) is 41.5 Å². The molecule has 0 heterocycles. The molecule has 0 aromatic carbocycles. The molecule has 14 heavy (non-hydrogen) atoms. The summed E-state index contributed by atoms with van der Waals surface area (Å²) < 4.78 is 0. The van der Waals surface area contributed by atoms with Gasteiger partial charge in [0.15, 0.2) is 0 Å². The molecule has 0 spiro atoms. The van der Waals surface area contributed by atoms with Gasteiger partial charge in [-0.1, -0.05) is 38.3 Å². The number of hydrogen-bond acceptors (Lipinski definition) is 1. The highest BCUT2D eigenvalue weighted by Crippen LogP contribution is 2.34. The van der Waals surface area contributed by atoms with Crippen LogP contribution in [0.3, 0.4) is 0 Å². The van der Waals surface area contributed by atoms with E-state index in [0.29, 0.717) is 0 Å². The highest BCUT2D eigenvalue weighted by molar-refractivity contribution is 8.07. The maximum Gasteiger partial charge on any atom is 0.0239 e. The monoisotopic (exact) mass is 230 g/mol. The molecule has 0 aromatic heterocycles. The van der Waals surface area contributed by atoms with Gasteiger partial charge < -0.3 is 0 Å². The van der Waals surface area contributed by atoms with Crippen LogP contribution in [0.2, 0.25) is 0 Å². The first-order valence-corrected chi connectivity index (χ1v) is 5.92. The van der Waals surface area contributed by atoms with E-state index in [0.717, 1.165) is 4.91 Å². The predicted octanol–water partition coefficient (Wildman–Crippen LogP) is 4.85. The molecule has 0 nitrogen and oxygen atoms in total. The van der Waals surface area contributed by atoms with Crippen LogP contribution in [-0.4, -0.2) is 0 Å². The molecule has 0 fully saturated rings. The van der Waals surface area contributed by atoms with Crippen LogP contribution < -0.4 is 0 Å². The number of allylic oxidation sites excluding steroid dienone is 1. The summed E-state index contributed by atoms with van der Waals surface area (Å²) >= 11 is 7.27. The van der Waals surface area contributed by atoms with Crippen molar-refractivity contribution in [3.8, 4) is 11.2 Å². The second kappa shape index (κ2) is 5.14. The van der Waals surface area contributed by atoms with E-state index in [1.165, 1.54) is 11.8 Å². The molecule has 0 unspecified atom stereocenters. The van der Waals surface area contributed by atoms with E-state index < -0.39 is 0 Å². The molecule has 0 aliphatic heterocycles. The van der Waals surface area contributed by atoms with Gasteiger partial charge in [-0.2, -0.15) is 0 Å². The molecule has 0 N–H and O–H groups in total. The average molecular weight is 231 g/mol. The number of halogens is 1. The summed E-state index contributed by atoms with van der Waals surface area (Å²) in [6.07, 6.45) is 0. The van der Waals surface area contributed by atoms with Gasteiger partial charge in [0.25, 0.3) is 0 Å². The minimum absolute atomic E-state index is 0.0578. The quantitative estimate of drug-likeness (QED) is 0.580. The van der Waals surface area contributed by atoms with Crippen LogP contribution in [0.4, 0.5) is 0 Å². The fourth-order valence-corrected chi connectivity index (χ4v) is 1.85. The third-order valence-electron chi connectivity index (χ3n) is 1.43. The van der Waals surface area contributed by atoms with E-state index in [1.54, 1.807) is 5.54 Å². The minimum atomic E-state index is 0.0578. The van der Waals surface area contributed by atoms with Gasteiger partial charge in [0, 0.05) is 15.9 Å². The van der Waals surface area contributed by atoms with Gasteiger partial charge in [0.2, 0.25) is 0 Å². The van der Waals surface area contributed by atoms with Gasteiger partial charge in [0.05, 0.1) is 0 Å². The first-order chi connectivity index (χ1) is 6.17. The maximum atomic E-state index is 5.75. The van der Waals surface area contributed by atoms with Gasteiger partial charge in [-0.25, -0.2) is 0 Å². The zero-order valence-electron chi connectivity index (χ0n) is 9.86. The predicted molar refractivity (Wildman–Crippen MR) is 68.2 cm³/mol. The Morgan fingerprint density at radius 2 is 1.64 bits per heavy atom. The van der Waals surface area contributed by atoms with Crippen LogP contribution in [0.25, 0.3) is 0 Å². The van der Waals surface area contributed by atoms with Crippen LogP contribution in [0, 0.1) is 22.0 Å². The highest BCUT2D eigenvalue weighted by atomic mass is 35.5. The van der Waals surface area contributed by atoms with Crippen LogP contribution in [0.15, 0.2) is 10.4 Å². The van der Waals surface area contributed by atoms with E-state index in [4.69, 9.17) is 11.6 Å². The Labute approximate surface area is 97.5 Å². The summed E-state index contributed by atoms with van der Waals surface area (Å²) in [7, 11) is 0. The van der Waals surface area contributed by atoms with Crippen molar-refractivity contribution >= 4 is 23.4 Å². The Kier molecular flexibility index (Phi) is 5.12. The Morgan fingerprint density at radius 1 is 1.14 bits per heavy atom. The molecular formula is C12H19ClS. The normalized spacial score (nSPS) is 13.5. The smallest absolute Gasteiger partial charge is 0.0239 e. The van der Waals surface area contributed by atoms with Gasteiger partial charge in [-0.3, -0.25) is 0 Å². The molecule has 0 aliphatic carbocycles. The first kappa shape index (κ1) is 13.9. The Bertz CT molecular complexity index is 265. The van der Waals surface area contributed by atoms with Gasteiger partial charge in [0.1, 0.15) is 0 Å². The van der Waals surface area contributed by atoms with Crippen LogP contribution >= 0.6 is 23.4 Å². The van der Waals surface area contributed by atoms with Crippen molar-refractivity contribution in [2.24, 2.45) is 10.8 Å². The Balaban J connectivity index is 4.45. The third-order valence-corrected chi connectivity index (χ3v) is 2.93. The second-order valence-electron chi connectivity index (χ2n) is 5.30. The molecular weight excluding hydrogens is 212 g/mol. The van der Waals surface area contributed by atoms with Crippen molar-refractivity contribution < 1.29 is 0 Å². The molecule has 0 saturated carbocycles. The summed E-state index contributed by atoms with van der Waals surface area (Å²) in [5, 5.41) is 3.10. The fraction of sp³-hybridized carbons (Fsp3) is 0.667. The fourth-order valence-electron chi connectivity index (χ4n) is 0.573. The van der Waals surface area contributed by atoms with Gasteiger partial charge in [-0.15, -0.1) is 0 Å². The summed E-state index contributed by atoms with van der Waals surface area (Å²) in [5.41, 5.74) is 1.77. The molecule has 0 aromatic rings. The molecule has 2 heteroatoms. The van der Waals surface area contributed by atoms with Gasteiger partial charge in [-0.05, 0) is 43.2 Å². The standard InChI is InChI=1S/C12H19ClS/c1-11(2,3)7-8-14-10(9-13)12(4,5)6/h9H,1-6H3/b10-9+. The topological polar surface area (TPSA) is 0 Å². The largest absolute Gasteiger partial charge is 0.0920 e. The molecule has 0 aliphatic rings. The average Bonchev–Trinajstić information content (AvgIpc) is 1.93. The number of thioether (sulfide) groups is 1. The van der Waals surface area contributed by atoms with Crippen LogP contribution in [0.5, 0.6) is 0 Å². The first-order valence-electron chi connectivity index (χ1n) is 4.67. The van der Waals surface area contributed by atoms with Crippen molar-refractivity contribution in [1.29, 1.82) is 0 Å². The SMILES string of the molecule is CC(C)(C)C#CS/C(=C/Cl)C(C)(C)C. The van der Waals surface area contributed by atoms with E-state index in [9.17, 15) is 0 Å². The molecule has 0 saturated heterocycles. The Morgan fingerprint density at radius 3 is 1.93 bits per heavy atom.